The Morgan fingerprint density at radius 2 is 1.54 bits per heavy atom. The number of rotatable bonds is 1. The van der Waals surface area contributed by atoms with Crippen molar-refractivity contribution >= 4 is 11.6 Å². The number of fused-ring (bicyclic) bond motifs is 7. The molecule has 0 aliphatic heterocycles. The summed E-state index contributed by atoms with van der Waals surface area (Å²) in [6.45, 7) is 16.2. The second kappa shape index (κ2) is 7.43. The lowest BCUT2D eigenvalue weighted by atomic mass is 9.31. The first-order valence-corrected chi connectivity index (χ1v) is 14.2. The van der Waals surface area contributed by atoms with Gasteiger partial charge in [0.05, 0.1) is 6.07 Å². The largest absolute Gasteiger partial charge is 0.396 e. The molecule has 35 heavy (non-hydrogen) atoms. The van der Waals surface area contributed by atoms with E-state index in [9.17, 15) is 20.0 Å². The highest BCUT2D eigenvalue weighted by Crippen LogP contribution is 2.76. The molecule has 3 unspecified atom stereocenters. The highest BCUT2D eigenvalue weighted by atomic mass is 16.3. The minimum Gasteiger partial charge on any atom is -0.396 e. The number of carbonyl (C=O) groups is 2. The van der Waals surface area contributed by atoms with Gasteiger partial charge >= 0.3 is 0 Å². The fourth-order valence-electron chi connectivity index (χ4n) is 11.2. The quantitative estimate of drug-likeness (QED) is 0.473. The highest BCUT2D eigenvalue weighted by Gasteiger charge is 2.72. The van der Waals surface area contributed by atoms with E-state index < -0.39 is 11.3 Å². The molecular weight excluding hydrogens is 434 g/mol. The van der Waals surface area contributed by atoms with Crippen LogP contribution in [0.15, 0.2) is 0 Å². The molecule has 5 aliphatic carbocycles. The van der Waals surface area contributed by atoms with E-state index in [-0.39, 0.29) is 63.1 Å². The average molecular weight is 482 g/mol. The molecular formula is C31H47NO3. The van der Waals surface area contributed by atoms with Crippen molar-refractivity contribution in [1.29, 1.82) is 5.26 Å². The Morgan fingerprint density at radius 3 is 2.17 bits per heavy atom. The van der Waals surface area contributed by atoms with Gasteiger partial charge < -0.3 is 5.11 Å². The van der Waals surface area contributed by atoms with E-state index in [2.05, 4.69) is 54.5 Å². The van der Waals surface area contributed by atoms with Crippen molar-refractivity contribution in [2.75, 3.05) is 6.61 Å². The number of aliphatic hydroxyl groups is 1. The van der Waals surface area contributed by atoms with Crippen LogP contribution in [0, 0.1) is 73.4 Å². The van der Waals surface area contributed by atoms with Crippen molar-refractivity contribution in [1.82, 2.24) is 0 Å². The predicted molar refractivity (Wildman–Crippen MR) is 136 cm³/mol. The molecule has 4 nitrogen and oxygen atoms in total. The van der Waals surface area contributed by atoms with Crippen LogP contribution in [0.1, 0.15) is 106 Å². The van der Waals surface area contributed by atoms with Crippen LogP contribution in [0.5, 0.6) is 0 Å². The van der Waals surface area contributed by atoms with Gasteiger partial charge in [-0.1, -0.05) is 48.5 Å². The van der Waals surface area contributed by atoms with E-state index in [0.717, 1.165) is 44.9 Å². The van der Waals surface area contributed by atoms with Gasteiger partial charge in [0.1, 0.15) is 11.7 Å². The lowest BCUT2D eigenvalue weighted by molar-refractivity contribution is -0.238. The standard InChI is InChI=1S/C31H47NO3/c1-26(2)10-12-31(18-33)13-11-30(7)24(20(31)16-26)21(34)14-23-28(5)15-19(17-32)25(35)27(3,4)22(28)8-9-29(23,30)6/h19-20,22-24,33H,8-16,18H2,1-7H3/t19?,20?,22-,23+,24?,28-,29+,30+,31+/m0/s1. The summed E-state index contributed by atoms with van der Waals surface area (Å²) < 4.78 is 0. The molecule has 194 valence electrons. The summed E-state index contributed by atoms with van der Waals surface area (Å²) in [5.41, 5.74) is -0.725. The second-order valence-corrected chi connectivity index (χ2v) is 15.6. The Bertz CT molecular complexity index is 992. The second-order valence-electron chi connectivity index (χ2n) is 15.6. The number of nitrogens with zero attached hydrogens (tertiary/aromatic N) is 1. The Hall–Kier alpha value is -1.21. The Morgan fingerprint density at radius 1 is 0.886 bits per heavy atom. The summed E-state index contributed by atoms with van der Waals surface area (Å²) in [4.78, 5) is 27.6. The summed E-state index contributed by atoms with van der Waals surface area (Å²) in [5.74, 6) is 0.612. The van der Waals surface area contributed by atoms with E-state index in [0.29, 0.717) is 18.6 Å². The molecule has 0 spiro atoms. The Labute approximate surface area is 212 Å². The van der Waals surface area contributed by atoms with Gasteiger partial charge in [-0.25, -0.2) is 0 Å². The summed E-state index contributed by atoms with van der Waals surface area (Å²) in [6.07, 6.45) is 8.41. The number of ketones is 2. The van der Waals surface area contributed by atoms with Crippen LogP contribution in [-0.4, -0.2) is 23.3 Å². The molecule has 0 heterocycles. The van der Waals surface area contributed by atoms with Gasteiger partial charge in [0.2, 0.25) is 0 Å². The first-order valence-electron chi connectivity index (χ1n) is 14.2. The van der Waals surface area contributed by atoms with E-state index in [1.807, 2.05) is 0 Å². The van der Waals surface area contributed by atoms with Crippen LogP contribution in [-0.2, 0) is 9.59 Å². The van der Waals surface area contributed by atoms with E-state index >= 15 is 0 Å². The lowest BCUT2D eigenvalue weighted by Gasteiger charge is -2.72. The molecule has 0 radical (unpaired) electrons. The fraction of sp³-hybridized carbons (Fsp3) is 0.903. The van der Waals surface area contributed by atoms with E-state index in [4.69, 9.17) is 0 Å². The minimum atomic E-state index is -0.568. The van der Waals surface area contributed by atoms with Crippen molar-refractivity contribution in [3.8, 4) is 6.07 Å². The van der Waals surface area contributed by atoms with Crippen LogP contribution in [0.2, 0.25) is 0 Å². The normalized spacial score (nSPS) is 52.4. The third kappa shape index (κ3) is 3.06. The third-order valence-corrected chi connectivity index (χ3v) is 13.4. The zero-order chi connectivity index (χ0) is 25.8. The molecule has 5 aliphatic rings. The molecule has 0 bridgehead atoms. The summed E-state index contributed by atoms with van der Waals surface area (Å²) >= 11 is 0. The number of hydrogen-bond donors (Lipinski definition) is 1. The molecule has 4 heteroatoms. The molecule has 0 aromatic heterocycles. The Kier molecular flexibility index (Phi) is 5.40. The Balaban J connectivity index is 1.60. The highest BCUT2D eigenvalue weighted by molar-refractivity contribution is 5.90. The van der Waals surface area contributed by atoms with Gasteiger partial charge in [-0.15, -0.1) is 0 Å². The topological polar surface area (TPSA) is 78.2 Å². The molecule has 0 aromatic rings. The summed E-state index contributed by atoms with van der Waals surface area (Å²) in [7, 11) is 0. The van der Waals surface area contributed by atoms with Crippen molar-refractivity contribution in [3.05, 3.63) is 0 Å². The average Bonchev–Trinajstić information content (AvgIpc) is 2.77. The molecule has 1 N–H and O–H groups in total. The third-order valence-electron chi connectivity index (χ3n) is 13.4. The molecule has 0 aromatic carbocycles. The molecule has 0 amide bonds. The molecule has 0 saturated heterocycles. The van der Waals surface area contributed by atoms with Crippen molar-refractivity contribution in [2.45, 2.75) is 106 Å². The number of aliphatic hydroxyl groups excluding tert-OH is 1. The van der Waals surface area contributed by atoms with Gasteiger partial charge in [0, 0.05) is 24.4 Å². The maximum atomic E-state index is 14.3. The van der Waals surface area contributed by atoms with Crippen molar-refractivity contribution < 1.29 is 14.7 Å². The van der Waals surface area contributed by atoms with Crippen LogP contribution in [0.4, 0.5) is 0 Å². The van der Waals surface area contributed by atoms with Crippen LogP contribution >= 0.6 is 0 Å². The van der Waals surface area contributed by atoms with Crippen LogP contribution in [0.3, 0.4) is 0 Å². The zero-order valence-corrected chi connectivity index (χ0v) is 23.2. The van der Waals surface area contributed by atoms with E-state index in [1.165, 1.54) is 0 Å². The van der Waals surface area contributed by atoms with Gasteiger partial charge in [0.25, 0.3) is 0 Å². The first-order chi connectivity index (χ1) is 16.1. The zero-order valence-electron chi connectivity index (χ0n) is 23.2. The van der Waals surface area contributed by atoms with Crippen LogP contribution < -0.4 is 0 Å². The van der Waals surface area contributed by atoms with E-state index in [1.54, 1.807) is 0 Å². The molecule has 5 saturated carbocycles. The van der Waals surface area contributed by atoms with Crippen molar-refractivity contribution in [2.24, 2.45) is 62.1 Å². The van der Waals surface area contributed by atoms with Crippen molar-refractivity contribution in [3.63, 3.8) is 0 Å². The fourth-order valence-corrected chi connectivity index (χ4v) is 11.2. The van der Waals surface area contributed by atoms with Gasteiger partial charge in [0.15, 0.2) is 5.78 Å². The predicted octanol–water partition coefficient (Wildman–Crippen LogP) is 6.36. The number of nitriles is 1. The summed E-state index contributed by atoms with van der Waals surface area (Å²) in [5, 5.41) is 20.6. The molecule has 5 fully saturated rings. The van der Waals surface area contributed by atoms with Gasteiger partial charge in [-0.3, -0.25) is 9.59 Å². The maximum Gasteiger partial charge on any atom is 0.155 e. The molecule has 9 atom stereocenters. The van der Waals surface area contributed by atoms with Gasteiger partial charge in [-0.05, 0) is 96.2 Å². The maximum absolute atomic E-state index is 14.3. The smallest absolute Gasteiger partial charge is 0.155 e. The minimum absolute atomic E-state index is 0.00347. The summed E-state index contributed by atoms with van der Waals surface area (Å²) in [6, 6.07) is 2.35. The first kappa shape index (κ1) is 25.4. The number of carbonyl (C=O) groups excluding carboxylic acids is 2. The molecule has 5 rings (SSSR count). The monoisotopic (exact) mass is 481 g/mol. The SMILES string of the molecule is CC1(C)CC[C@]2(CO)CC[C@]3(C)C(C(=O)C[C@@H]4[C@@]5(C)CC(C#N)C(=O)C(C)(C)[C@@H]5CC[C@]43C)C2C1. The number of hydrogen-bond acceptors (Lipinski definition) is 4. The van der Waals surface area contributed by atoms with Gasteiger partial charge in [-0.2, -0.15) is 5.26 Å². The van der Waals surface area contributed by atoms with Crippen LogP contribution in [0.25, 0.3) is 0 Å². The number of Topliss-reactive ketones (excluding diaryl/α,β-unsaturated/α-hetero) is 2. The lowest BCUT2D eigenvalue weighted by Crippen LogP contribution is -2.69.